The van der Waals surface area contributed by atoms with Crippen LogP contribution in [-0.2, 0) is 0 Å². The summed E-state index contributed by atoms with van der Waals surface area (Å²) >= 11 is 3.42. The molecule has 0 amide bonds. The highest BCUT2D eigenvalue weighted by Gasteiger charge is 2.04. The summed E-state index contributed by atoms with van der Waals surface area (Å²) in [4.78, 5) is 8.39. The SMILES string of the molecule is Cc1nc(N)c2cccc(Br)c2n1. The first-order valence-electron chi connectivity index (χ1n) is 3.87. The van der Waals surface area contributed by atoms with E-state index < -0.39 is 0 Å². The Hall–Kier alpha value is -1.16. The van der Waals surface area contributed by atoms with E-state index in [9.17, 15) is 0 Å². The van der Waals surface area contributed by atoms with E-state index in [1.807, 2.05) is 25.1 Å². The molecule has 0 saturated carbocycles. The van der Waals surface area contributed by atoms with Gasteiger partial charge in [-0.2, -0.15) is 0 Å². The second-order valence-electron chi connectivity index (χ2n) is 2.79. The van der Waals surface area contributed by atoms with E-state index >= 15 is 0 Å². The number of fused-ring (bicyclic) bond motifs is 1. The summed E-state index contributed by atoms with van der Waals surface area (Å²) in [6.45, 7) is 1.83. The Bertz CT molecular complexity index is 468. The molecule has 13 heavy (non-hydrogen) atoms. The molecule has 0 bridgehead atoms. The predicted molar refractivity (Wildman–Crippen MR) is 56.4 cm³/mol. The average molecular weight is 238 g/mol. The number of nitrogen functional groups attached to an aromatic ring is 1. The van der Waals surface area contributed by atoms with Crippen molar-refractivity contribution in [1.29, 1.82) is 0 Å². The van der Waals surface area contributed by atoms with Crippen LogP contribution in [0.4, 0.5) is 5.82 Å². The summed E-state index contributed by atoms with van der Waals surface area (Å²) < 4.78 is 0.946. The number of benzene rings is 1. The van der Waals surface area contributed by atoms with Crippen LogP contribution in [0.1, 0.15) is 5.82 Å². The summed E-state index contributed by atoms with van der Waals surface area (Å²) in [7, 11) is 0. The van der Waals surface area contributed by atoms with Crippen LogP contribution in [0.15, 0.2) is 22.7 Å². The summed E-state index contributed by atoms with van der Waals surface area (Å²) in [6.07, 6.45) is 0. The van der Waals surface area contributed by atoms with Gasteiger partial charge >= 0.3 is 0 Å². The first-order chi connectivity index (χ1) is 6.18. The molecule has 0 aliphatic rings. The molecule has 0 radical (unpaired) electrons. The van der Waals surface area contributed by atoms with Gasteiger partial charge in [-0.25, -0.2) is 9.97 Å². The van der Waals surface area contributed by atoms with Crippen molar-refractivity contribution >= 4 is 32.7 Å². The third-order valence-electron chi connectivity index (χ3n) is 1.82. The Labute approximate surface area is 84.1 Å². The molecule has 66 valence electrons. The minimum Gasteiger partial charge on any atom is -0.383 e. The minimum atomic E-state index is 0.531. The maximum Gasteiger partial charge on any atom is 0.135 e. The highest BCUT2D eigenvalue weighted by molar-refractivity contribution is 9.10. The van der Waals surface area contributed by atoms with Crippen LogP contribution in [0.3, 0.4) is 0 Å². The van der Waals surface area contributed by atoms with Crippen LogP contribution in [-0.4, -0.2) is 9.97 Å². The topological polar surface area (TPSA) is 51.8 Å². The Morgan fingerprint density at radius 3 is 2.85 bits per heavy atom. The number of aromatic nitrogens is 2. The van der Waals surface area contributed by atoms with Gasteiger partial charge in [0.05, 0.1) is 5.52 Å². The van der Waals surface area contributed by atoms with Gasteiger partial charge in [0, 0.05) is 9.86 Å². The van der Waals surface area contributed by atoms with E-state index in [1.165, 1.54) is 0 Å². The van der Waals surface area contributed by atoms with Crippen molar-refractivity contribution in [1.82, 2.24) is 9.97 Å². The fraction of sp³-hybridized carbons (Fsp3) is 0.111. The predicted octanol–water partition coefficient (Wildman–Crippen LogP) is 2.28. The lowest BCUT2D eigenvalue weighted by Gasteiger charge is -2.03. The molecule has 1 aromatic carbocycles. The molecular weight excluding hydrogens is 230 g/mol. The van der Waals surface area contributed by atoms with Gasteiger partial charge in [-0.3, -0.25) is 0 Å². The van der Waals surface area contributed by atoms with E-state index in [0.29, 0.717) is 11.6 Å². The number of nitrogens with zero attached hydrogens (tertiary/aromatic N) is 2. The molecule has 0 unspecified atom stereocenters. The van der Waals surface area contributed by atoms with Gasteiger partial charge in [0.2, 0.25) is 0 Å². The van der Waals surface area contributed by atoms with E-state index in [0.717, 1.165) is 15.4 Å². The standard InChI is InChI=1S/C9H8BrN3/c1-5-12-8-6(9(11)13-5)3-2-4-7(8)10/h2-4H,1H3,(H2,11,12,13). The van der Waals surface area contributed by atoms with Crippen LogP contribution in [0.2, 0.25) is 0 Å². The Balaban J connectivity index is 2.94. The van der Waals surface area contributed by atoms with Gasteiger partial charge in [-0.15, -0.1) is 0 Å². The molecule has 4 heteroatoms. The smallest absolute Gasteiger partial charge is 0.135 e. The minimum absolute atomic E-state index is 0.531. The molecule has 0 aliphatic carbocycles. The lowest BCUT2D eigenvalue weighted by atomic mass is 10.2. The first kappa shape index (κ1) is 8.44. The maximum atomic E-state index is 5.75. The van der Waals surface area contributed by atoms with Gasteiger partial charge in [0.15, 0.2) is 0 Å². The zero-order valence-electron chi connectivity index (χ0n) is 7.08. The van der Waals surface area contributed by atoms with E-state index in [2.05, 4.69) is 25.9 Å². The highest BCUT2D eigenvalue weighted by atomic mass is 79.9. The summed E-state index contributed by atoms with van der Waals surface area (Å²) in [5.74, 6) is 1.22. The Kier molecular flexibility index (Phi) is 1.92. The average Bonchev–Trinajstić information content (AvgIpc) is 2.07. The van der Waals surface area contributed by atoms with Crippen molar-refractivity contribution in [2.75, 3.05) is 5.73 Å². The van der Waals surface area contributed by atoms with Crippen LogP contribution in [0.5, 0.6) is 0 Å². The third-order valence-corrected chi connectivity index (χ3v) is 2.46. The van der Waals surface area contributed by atoms with Crippen molar-refractivity contribution in [3.05, 3.63) is 28.5 Å². The largest absolute Gasteiger partial charge is 0.383 e. The fourth-order valence-corrected chi connectivity index (χ4v) is 1.71. The number of nitrogens with two attached hydrogens (primary N) is 1. The van der Waals surface area contributed by atoms with E-state index in [1.54, 1.807) is 0 Å². The normalized spacial score (nSPS) is 10.6. The van der Waals surface area contributed by atoms with Gasteiger partial charge < -0.3 is 5.73 Å². The third kappa shape index (κ3) is 1.37. The number of halogens is 1. The molecule has 0 aliphatic heterocycles. The Morgan fingerprint density at radius 1 is 1.31 bits per heavy atom. The number of anilines is 1. The highest BCUT2D eigenvalue weighted by Crippen LogP contribution is 2.24. The van der Waals surface area contributed by atoms with Gasteiger partial charge in [-0.1, -0.05) is 6.07 Å². The molecule has 1 aromatic heterocycles. The number of rotatable bonds is 0. The number of para-hydroxylation sites is 1. The molecule has 2 aromatic rings. The molecule has 3 nitrogen and oxygen atoms in total. The first-order valence-corrected chi connectivity index (χ1v) is 4.66. The lowest BCUT2D eigenvalue weighted by molar-refractivity contribution is 1.10. The van der Waals surface area contributed by atoms with Gasteiger partial charge in [0.1, 0.15) is 11.6 Å². The second-order valence-corrected chi connectivity index (χ2v) is 3.65. The van der Waals surface area contributed by atoms with Crippen molar-refractivity contribution in [3.8, 4) is 0 Å². The number of hydrogen-bond acceptors (Lipinski definition) is 3. The lowest BCUT2D eigenvalue weighted by Crippen LogP contribution is -1.97. The van der Waals surface area contributed by atoms with Crippen LogP contribution in [0, 0.1) is 6.92 Å². The van der Waals surface area contributed by atoms with Gasteiger partial charge in [-0.05, 0) is 35.0 Å². The molecule has 0 saturated heterocycles. The van der Waals surface area contributed by atoms with Crippen molar-refractivity contribution in [2.24, 2.45) is 0 Å². The number of aryl methyl sites for hydroxylation is 1. The molecule has 1 heterocycles. The molecule has 0 spiro atoms. The van der Waals surface area contributed by atoms with Crippen LogP contribution < -0.4 is 5.73 Å². The van der Waals surface area contributed by atoms with Crippen molar-refractivity contribution < 1.29 is 0 Å². The zero-order chi connectivity index (χ0) is 9.42. The molecule has 0 atom stereocenters. The summed E-state index contributed by atoms with van der Waals surface area (Å²) in [5.41, 5.74) is 6.62. The molecule has 2 N–H and O–H groups in total. The monoisotopic (exact) mass is 237 g/mol. The van der Waals surface area contributed by atoms with E-state index in [-0.39, 0.29) is 0 Å². The van der Waals surface area contributed by atoms with Crippen molar-refractivity contribution in [3.63, 3.8) is 0 Å². The van der Waals surface area contributed by atoms with Crippen LogP contribution in [0.25, 0.3) is 10.9 Å². The van der Waals surface area contributed by atoms with Crippen molar-refractivity contribution in [2.45, 2.75) is 6.92 Å². The quantitative estimate of drug-likeness (QED) is 0.765. The second kappa shape index (κ2) is 2.96. The molecule has 2 rings (SSSR count). The van der Waals surface area contributed by atoms with Crippen LogP contribution >= 0.6 is 15.9 Å². The molecular formula is C9H8BrN3. The molecule has 0 fully saturated rings. The Morgan fingerprint density at radius 2 is 2.08 bits per heavy atom. The summed E-state index contributed by atoms with van der Waals surface area (Å²) in [5, 5.41) is 0.889. The fourth-order valence-electron chi connectivity index (χ4n) is 1.26. The zero-order valence-corrected chi connectivity index (χ0v) is 8.67. The number of hydrogen-bond donors (Lipinski definition) is 1. The van der Waals surface area contributed by atoms with Gasteiger partial charge in [0.25, 0.3) is 0 Å². The van der Waals surface area contributed by atoms with E-state index in [4.69, 9.17) is 5.73 Å². The summed E-state index contributed by atoms with van der Waals surface area (Å²) in [6, 6.07) is 5.77. The maximum absolute atomic E-state index is 5.75.